The Morgan fingerprint density at radius 1 is 1.50 bits per heavy atom. The molecule has 1 aromatic heterocycles. The Morgan fingerprint density at radius 2 is 2.44 bits per heavy atom. The molecule has 0 saturated carbocycles. The summed E-state index contributed by atoms with van der Waals surface area (Å²) in [5.41, 5.74) is 0. The number of rotatable bonds is 5. The molecule has 1 heterocycles. The second-order valence-corrected chi connectivity index (χ2v) is 4.26. The molecule has 0 saturated heterocycles. The molecule has 0 bridgehead atoms. The summed E-state index contributed by atoms with van der Waals surface area (Å²) in [6.07, 6.45) is 10.8. The Bertz CT molecular complexity index is 343. The minimum Gasteiger partial charge on any atom is -0.307 e. The fourth-order valence-corrected chi connectivity index (χ4v) is 2.04. The number of hydrogen-bond donors (Lipinski definition) is 1. The van der Waals surface area contributed by atoms with Gasteiger partial charge in [0.2, 0.25) is 0 Å². The fraction of sp³-hybridized carbons (Fsp3) is 0.667. The van der Waals surface area contributed by atoms with Crippen LogP contribution in [0.2, 0.25) is 0 Å². The predicted octanol–water partition coefficient (Wildman–Crippen LogP) is 1.89. The van der Waals surface area contributed by atoms with Crippen LogP contribution >= 0.6 is 0 Å². The van der Waals surface area contributed by atoms with Crippen LogP contribution in [0.15, 0.2) is 18.5 Å². The minimum absolute atomic E-state index is 0.608. The van der Waals surface area contributed by atoms with Crippen molar-refractivity contribution < 1.29 is 0 Å². The summed E-state index contributed by atoms with van der Waals surface area (Å²) in [5, 5.41) is 7.77. The van der Waals surface area contributed by atoms with Crippen LogP contribution in [0.1, 0.15) is 38.4 Å². The van der Waals surface area contributed by atoms with Crippen molar-refractivity contribution in [3.05, 3.63) is 24.3 Å². The summed E-state index contributed by atoms with van der Waals surface area (Å²) in [6.45, 7) is 3.95. The fourth-order valence-electron chi connectivity index (χ4n) is 2.04. The third-order valence-corrected chi connectivity index (χ3v) is 2.95. The van der Waals surface area contributed by atoms with Crippen molar-refractivity contribution in [3.8, 4) is 0 Å². The Balaban J connectivity index is 1.84. The first-order chi connectivity index (χ1) is 7.90. The second-order valence-electron chi connectivity index (χ2n) is 4.26. The highest BCUT2D eigenvalue weighted by Crippen LogP contribution is 2.10. The number of nitrogens with zero attached hydrogens (tertiary/aromatic N) is 3. The quantitative estimate of drug-likeness (QED) is 0.770. The van der Waals surface area contributed by atoms with E-state index in [2.05, 4.69) is 34.5 Å². The van der Waals surface area contributed by atoms with Gasteiger partial charge in [-0.15, -0.1) is 0 Å². The third kappa shape index (κ3) is 2.92. The highest BCUT2D eigenvalue weighted by Gasteiger charge is 2.10. The Hall–Kier alpha value is -1.16. The first-order valence-corrected chi connectivity index (χ1v) is 6.15. The SMILES string of the molecule is CCCn1ncnc1CNC1CC=CCC1. The summed E-state index contributed by atoms with van der Waals surface area (Å²) in [6, 6.07) is 0.608. The van der Waals surface area contributed by atoms with Crippen LogP contribution in [0.5, 0.6) is 0 Å². The van der Waals surface area contributed by atoms with Gasteiger partial charge >= 0.3 is 0 Å². The van der Waals surface area contributed by atoms with E-state index >= 15 is 0 Å². The number of aromatic nitrogens is 3. The standard InChI is InChI=1S/C12H20N4/c1-2-8-16-12(14-10-15-16)9-13-11-6-4-3-5-7-11/h3-4,10-11,13H,2,5-9H2,1H3. The first kappa shape index (κ1) is 11.3. The predicted molar refractivity (Wildman–Crippen MR) is 63.9 cm³/mol. The van der Waals surface area contributed by atoms with Gasteiger partial charge in [0.15, 0.2) is 0 Å². The Kier molecular flexibility index (Phi) is 4.10. The smallest absolute Gasteiger partial charge is 0.140 e. The van der Waals surface area contributed by atoms with E-state index in [1.165, 1.54) is 12.8 Å². The lowest BCUT2D eigenvalue weighted by Crippen LogP contribution is -2.30. The maximum Gasteiger partial charge on any atom is 0.140 e. The van der Waals surface area contributed by atoms with E-state index in [0.29, 0.717) is 6.04 Å². The van der Waals surface area contributed by atoms with Crippen molar-refractivity contribution in [3.63, 3.8) is 0 Å². The van der Waals surface area contributed by atoms with Crippen LogP contribution in [0.4, 0.5) is 0 Å². The zero-order valence-corrected chi connectivity index (χ0v) is 9.89. The molecule has 1 unspecified atom stereocenters. The lowest BCUT2D eigenvalue weighted by molar-refractivity contribution is 0.451. The zero-order valence-electron chi connectivity index (χ0n) is 9.89. The molecular weight excluding hydrogens is 200 g/mol. The summed E-state index contributed by atoms with van der Waals surface area (Å²) >= 11 is 0. The molecule has 1 atom stereocenters. The minimum atomic E-state index is 0.608. The second kappa shape index (κ2) is 5.80. The molecule has 0 spiro atoms. The van der Waals surface area contributed by atoms with Gasteiger partial charge in [-0.05, 0) is 25.7 Å². The molecule has 1 aromatic rings. The number of aryl methyl sites for hydroxylation is 1. The van der Waals surface area contributed by atoms with Crippen molar-refractivity contribution >= 4 is 0 Å². The van der Waals surface area contributed by atoms with Crippen molar-refractivity contribution in [2.75, 3.05) is 0 Å². The van der Waals surface area contributed by atoms with Crippen molar-refractivity contribution in [1.29, 1.82) is 0 Å². The molecule has 1 aliphatic carbocycles. The van der Waals surface area contributed by atoms with Crippen LogP contribution < -0.4 is 5.32 Å². The van der Waals surface area contributed by atoms with E-state index in [0.717, 1.165) is 31.8 Å². The molecular formula is C12H20N4. The topological polar surface area (TPSA) is 42.7 Å². The highest BCUT2D eigenvalue weighted by atomic mass is 15.3. The maximum absolute atomic E-state index is 4.29. The third-order valence-electron chi connectivity index (χ3n) is 2.95. The monoisotopic (exact) mass is 220 g/mol. The van der Waals surface area contributed by atoms with Crippen LogP contribution in [0, 0.1) is 0 Å². The Labute approximate surface area is 96.8 Å². The molecule has 2 rings (SSSR count). The Morgan fingerprint density at radius 3 is 3.19 bits per heavy atom. The molecule has 0 aromatic carbocycles. The van der Waals surface area contributed by atoms with Gasteiger partial charge in [0.05, 0.1) is 6.54 Å². The van der Waals surface area contributed by atoms with Crippen molar-refractivity contribution in [1.82, 2.24) is 20.1 Å². The number of allylic oxidation sites excluding steroid dienone is 1. The number of nitrogens with one attached hydrogen (secondary N) is 1. The average Bonchev–Trinajstić information content (AvgIpc) is 2.76. The molecule has 4 heteroatoms. The lowest BCUT2D eigenvalue weighted by Gasteiger charge is -2.19. The average molecular weight is 220 g/mol. The van der Waals surface area contributed by atoms with E-state index in [1.54, 1.807) is 6.33 Å². The van der Waals surface area contributed by atoms with Crippen molar-refractivity contribution in [2.24, 2.45) is 0 Å². The molecule has 0 aliphatic heterocycles. The molecule has 1 N–H and O–H groups in total. The molecule has 0 radical (unpaired) electrons. The molecule has 16 heavy (non-hydrogen) atoms. The van der Waals surface area contributed by atoms with Gasteiger partial charge in [0.1, 0.15) is 12.2 Å². The van der Waals surface area contributed by atoms with Gasteiger partial charge in [-0.2, -0.15) is 5.10 Å². The normalized spacial score (nSPS) is 20.2. The van der Waals surface area contributed by atoms with Crippen LogP contribution in [0.3, 0.4) is 0 Å². The van der Waals surface area contributed by atoms with E-state index in [4.69, 9.17) is 0 Å². The van der Waals surface area contributed by atoms with Gasteiger partial charge in [-0.25, -0.2) is 9.67 Å². The largest absolute Gasteiger partial charge is 0.307 e. The molecule has 88 valence electrons. The number of hydrogen-bond acceptors (Lipinski definition) is 3. The highest BCUT2D eigenvalue weighted by molar-refractivity contribution is 4.94. The first-order valence-electron chi connectivity index (χ1n) is 6.15. The van der Waals surface area contributed by atoms with Gasteiger partial charge in [0.25, 0.3) is 0 Å². The summed E-state index contributed by atoms with van der Waals surface area (Å²) in [4.78, 5) is 4.29. The summed E-state index contributed by atoms with van der Waals surface area (Å²) in [5.74, 6) is 1.05. The van der Waals surface area contributed by atoms with Crippen LogP contribution in [-0.2, 0) is 13.1 Å². The van der Waals surface area contributed by atoms with E-state index in [9.17, 15) is 0 Å². The van der Waals surface area contributed by atoms with E-state index in [1.807, 2.05) is 4.68 Å². The molecule has 0 fully saturated rings. The summed E-state index contributed by atoms with van der Waals surface area (Å²) < 4.78 is 1.99. The lowest BCUT2D eigenvalue weighted by atomic mass is 10.0. The van der Waals surface area contributed by atoms with Gasteiger partial charge in [0, 0.05) is 12.6 Å². The van der Waals surface area contributed by atoms with E-state index in [-0.39, 0.29) is 0 Å². The maximum atomic E-state index is 4.29. The van der Waals surface area contributed by atoms with Crippen LogP contribution in [-0.4, -0.2) is 20.8 Å². The molecule has 4 nitrogen and oxygen atoms in total. The van der Waals surface area contributed by atoms with E-state index < -0.39 is 0 Å². The molecule has 1 aliphatic rings. The van der Waals surface area contributed by atoms with Crippen LogP contribution in [0.25, 0.3) is 0 Å². The molecule has 0 amide bonds. The van der Waals surface area contributed by atoms with Gasteiger partial charge in [-0.1, -0.05) is 19.1 Å². The van der Waals surface area contributed by atoms with Gasteiger partial charge in [-0.3, -0.25) is 0 Å². The summed E-state index contributed by atoms with van der Waals surface area (Å²) in [7, 11) is 0. The van der Waals surface area contributed by atoms with Gasteiger partial charge < -0.3 is 5.32 Å². The van der Waals surface area contributed by atoms with Crippen molar-refractivity contribution in [2.45, 2.75) is 51.7 Å². The zero-order chi connectivity index (χ0) is 11.2.